The first kappa shape index (κ1) is 33.7. The van der Waals surface area contributed by atoms with Crippen LogP contribution in [0.1, 0.15) is 58.9 Å². The van der Waals surface area contributed by atoms with Crippen LogP contribution >= 0.6 is 0 Å². The van der Waals surface area contributed by atoms with Gasteiger partial charge < -0.3 is 29.3 Å². The molecule has 0 radical (unpaired) electrons. The zero-order valence-corrected chi connectivity index (χ0v) is 29.3. The maximum absolute atomic E-state index is 17.4. The Hall–Kier alpha value is -5.42. The Labute approximate surface area is 299 Å². The lowest BCUT2D eigenvalue weighted by molar-refractivity contribution is 0.0634. The Morgan fingerprint density at radius 2 is 1.96 bits per heavy atom. The van der Waals surface area contributed by atoms with Crippen LogP contribution in [0.5, 0.6) is 11.9 Å². The fraction of sp³-hybridized carbons (Fsp3) is 0.447. The van der Waals surface area contributed by atoms with Crippen LogP contribution in [0.4, 0.5) is 25.5 Å². The van der Waals surface area contributed by atoms with Gasteiger partial charge in [0, 0.05) is 34.2 Å². The van der Waals surface area contributed by atoms with Crippen molar-refractivity contribution in [3.63, 3.8) is 0 Å². The van der Waals surface area contributed by atoms with E-state index in [1.165, 1.54) is 4.90 Å². The second kappa shape index (κ2) is 12.1. The first-order valence-electron chi connectivity index (χ1n) is 17.4. The van der Waals surface area contributed by atoms with E-state index in [4.69, 9.17) is 30.6 Å². The number of piperazine rings is 1. The first-order valence-corrected chi connectivity index (χ1v) is 17.4. The highest BCUT2D eigenvalue weighted by Crippen LogP contribution is 2.48. The number of amides is 2. The van der Waals surface area contributed by atoms with Crippen LogP contribution in [0.25, 0.3) is 32.9 Å². The van der Waals surface area contributed by atoms with E-state index < -0.39 is 47.2 Å². The van der Waals surface area contributed by atoms with Gasteiger partial charge >= 0.3 is 18.2 Å². The third-order valence-electron chi connectivity index (χ3n) is 10.5. The normalized spacial score (nSPS) is 22.6. The van der Waals surface area contributed by atoms with E-state index in [9.17, 15) is 19.8 Å². The topological polar surface area (TPSA) is 159 Å². The number of nitrogens with zero attached hydrogens (tertiary/aromatic N) is 5. The molecule has 2 bridgehead atoms. The molecule has 3 fully saturated rings. The molecule has 4 aliphatic rings. The Balaban J connectivity index is 1.34. The Morgan fingerprint density at radius 3 is 2.65 bits per heavy atom. The second-order valence-electron chi connectivity index (χ2n) is 15.2. The number of halogens is 1. The fourth-order valence-electron chi connectivity index (χ4n) is 7.93. The molecular formula is C38H39FN6O7. The maximum Gasteiger partial charge on any atom is 0.412 e. The zero-order valence-electron chi connectivity index (χ0n) is 29.3. The maximum atomic E-state index is 17.4. The number of carbonyl (C=O) groups excluding carboxylic acids is 1. The molecule has 52 heavy (non-hydrogen) atoms. The van der Waals surface area contributed by atoms with Crippen LogP contribution in [0.15, 0.2) is 30.3 Å². The number of nitrogens with one attached hydrogen (secondary N) is 1. The molecule has 3 N–H and O–H groups in total. The molecule has 2 aromatic heterocycles. The number of hydrogen-bond acceptors (Lipinski definition) is 10. The molecule has 4 aromatic rings. The molecule has 2 saturated heterocycles. The molecule has 8 rings (SSSR count). The van der Waals surface area contributed by atoms with Crippen molar-refractivity contribution in [3.8, 4) is 35.5 Å². The van der Waals surface area contributed by atoms with Gasteiger partial charge in [-0.3, -0.25) is 10.2 Å². The second-order valence-corrected chi connectivity index (χ2v) is 15.2. The van der Waals surface area contributed by atoms with Crippen LogP contribution in [-0.2, 0) is 4.74 Å². The highest BCUT2D eigenvalue weighted by Gasteiger charge is 2.53. The molecule has 4 atom stereocenters. The van der Waals surface area contributed by atoms with Crippen LogP contribution in [-0.4, -0.2) is 91.8 Å². The quantitative estimate of drug-likeness (QED) is 0.203. The number of anilines is 2. The van der Waals surface area contributed by atoms with E-state index in [-0.39, 0.29) is 53.3 Å². The van der Waals surface area contributed by atoms with Gasteiger partial charge in [0.15, 0.2) is 5.82 Å². The van der Waals surface area contributed by atoms with E-state index in [1.54, 1.807) is 51.1 Å². The van der Waals surface area contributed by atoms with Gasteiger partial charge in [-0.15, -0.1) is 6.42 Å². The zero-order chi connectivity index (χ0) is 36.7. The Bertz CT molecular complexity index is 2200. The summed E-state index contributed by atoms with van der Waals surface area (Å²) in [4.78, 5) is 43.0. The van der Waals surface area contributed by atoms with Gasteiger partial charge in [-0.2, -0.15) is 9.97 Å². The third kappa shape index (κ3) is 5.63. The lowest BCUT2D eigenvalue weighted by Crippen LogP contribution is -2.64. The molecular weight excluding hydrogens is 671 g/mol. The fourth-order valence-corrected chi connectivity index (χ4v) is 7.93. The van der Waals surface area contributed by atoms with Crippen molar-refractivity contribution < 1.29 is 38.4 Å². The van der Waals surface area contributed by atoms with Crippen molar-refractivity contribution in [1.82, 2.24) is 19.9 Å². The minimum atomic E-state index is -1.00. The molecule has 4 unspecified atom stereocenters. The highest BCUT2D eigenvalue weighted by atomic mass is 19.1. The van der Waals surface area contributed by atoms with E-state index in [1.807, 2.05) is 11.8 Å². The third-order valence-corrected chi connectivity index (χ3v) is 10.5. The Morgan fingerprint density at radius 1 is 1.17 bits per heavy atom. The monoisotopic (exact) mass is 710 g/mol. The summed E-state index contributed by atoms with van der Waals surface area (Å²) < 4.78 is 35.6. The van der Waals surface area contributed by atoms with Crippen molar-refractivity contribution in [2.24, 2.45) is 5.41 Å². The molecule has 2 aromatic carbocycles. The first-order chi connectivity index (χ1) is 24.8. The number of ether oxygens (including phenoxy) is 3. The van der Waals surface area contributed by atoms with E-state index in [0.29, 0.717) is 47.2 Å². The summed E-state index contributed by atoms with van der Waals surface area (Å²) in [6.45, 7) is 7.49. The molecule has 3 aliphatic heterocycles. The number of pyridine rings is 1. The summed E-state index contributed by atoms with van der Waals surface area (Å²) in [6, 6.07) is 7.37. The molecule has 5 heterocycles. The highest BCUT2D eigenvalue weighted by molar-refractivity contribution is 6.06. The summed E-state index contributed by atoms with van der Waals surface area (Å²) >= 11 is 0. The lowest BCUT2D eigenvalue weighted by atomic mass is 9.95. The van der Waals surface area contributed by atoms with Gasteiger partial charge in [-0.05, 0) is 77.0 Å². The number of benzene rings is 2. The SMILES string of the molecule is C#Cc1cccc2cc(NC(=O)OC(C)(C)C)cc(-c3nc4c5c(nc(OCC6(CO)CC6)nc5c3F)N3CC5CCC(C3C(C)O4)N5C(=O)O)c12. The van der Waals surface area contributed by atoms with Crippen molar-refractivity contribution >= 4 is 45.4 Å². The number of fused-ring (bicyclic) bond motifs is 6. The number of terminal acetylenes is 1. The summed E-state index contributed by atoms with van der Waals surface area (Å²) in [5, 5.41) is 24.3. The van der Waals surface area contributed by atoms with E-state index >= 15 is 4.39 Å². The molecule has 14 heteroatoms. The van der Waals surface area contributed by atoms with Gasteiger partial charge in [0.25, 0.3) is 0 Å². The van der Waals surface area contributed by atoms with E-state index in [2.05, 4.69) is 16.2 Å². The van der Waals surface area contributed by atoms with Crippen LogP contribution in [0.3, 0.4) is 0 Å². The van der Waals surface area contributed by atoms with Gasteiger partial charge in [0.2, 0.25) is 5.88 Å². The summed E-state index contributed by atoms with van der Waals surface area (Å²) in [7, 11) is 0. The standard InChI is InChI=1S/C38H39FN6O7/c1-6-20-8-7-9-21-14-22(40-35(47)52-37(3,4)5)15-24(26(20)21)29-28(39)30-27-32(43-34(42-30)50-18-38(17-46)12-13-38)44-16-23-10-11-25(45(23)36(48)49)31(44)19(2)51-33(27)41-29/h1,7-9,14-15,19,23,25,31,46H,10-13,16-18H2,2-5H3,(H,40,47)(H,48,49). The predicted octanol–water partition coefficient (Wildman–Crippen LogP) is 5.94. The van der Waals surface area contributed by atoms with Gasteiger partial charge in [0.1, 0.15) is 34.1 Å². The minimum Gasteiger partial charge on any atom is -0.472 e. The van der Waals surface area contributed by atoms with Crippen LogP contribution < -0.4 is 19.7 Å². The molecule has 1 aliphatic carbocycles. The summed E-state index contributed by atoms with van der Waals surface area (Å²) in [5.41, 5.74) is -0.324. The predicted molar refractivity (Wildman–Crippen MR) is 190 cm³/mol. The van der Waals surface area contributed by atoms with Crippen molar-refractivity contribution in [1.29, 1.82) is 0 Å². The lowest BCUT2D eigenvalue weighted by Gasteiger charge is -2.47. The largest absolute Gasteiger partial charge is 0.472 e. The Kier molecular flexibility index (Phi) is 7.83. The van der Waals surface area contributed by atoms with Gasteiger partial charge in [-0.1, -0.05) is 18.1 Å². The number of rotatable bonds is 6. The molecule has 13 nitrogen and oxygen atoms in total. The molecule has 270 valence electrons. The summed E-state index contributed by atoms with van der Waals surface area (Å²) in [5.74, 6) is 2.31. The average Bonchev–Trinajstić information content (AvgIpc) is 3.83. The van der Waals surface area contributed by atoms with Gasteiger partial charge in [-0.25, -0.2) is 19.0 Å². The van der Waals surface area contributed by atoms with Crippen molar-refractivity contribution in [2.75, 3.05) is 30.0 Å². The van der Waals surface area contributed by atoms with Crippen molar-refractivity contribution in [2.45, 2.75) is 83.2 Å². The molecule has 2 amide bonds. The minimum absolute atomic E-state index is 0.0633. The summed E-state index contributed by atoms with van der Waals surface area (Å²) in [6.07, 6.45) is 6.52. The number of carboxylic acid groups (broad SMARTS) is 1. The molecule has 1 saturated carbocycles. The number of aliphatic hydroxyl groups is 1. The number of carbonyl (C=O) groups is 2. The van der Waals surface area contributed by atoms with E-state index in [0.717, 1.165) is 12.8 Å². The van der Waals surface area contributed by atoms with Crippen molar-refractivity contribution in [3.05, 3.63) is 41.7 Å². The average molecular weight is 711 g/mol. The number of aromatic nitrogens is 3. The smallest absolute Gasteiger partial charge is 0.412 e. The number of hydrogen-bond donors (Lipinski definition) is 3. The van der Waals surface area contributed by atoms with Crippen LogP contribution in [0, 0.1) is 23.6 Å². The number of aliphatic hydroxyl groups excluding tert-OH is 1. The van der Waals surface area contributed by atoms with Gasteiger partial charge in [0.05, 0.1) is 31.3 Å². The van der Waals surface area contributed by atoms with Crippen LogP contribution in [0.2, 0.25) is 0 Å². The molecule has 0 spiro atoms.